The second-order valence-corrected chi connectivity index (χ2v) is 4.98. The minimum Gasteiger partial charge on any atom is -0.508 e. The molecule has 0 spiro atoms. The molecule has 5 heteroatoms. The molecule has 0 fully saturated rings. The number of hydrogen-bond acceptors (Lipinski definition) is 5. The van der Waals surface area contributed by atoms with Crippen molar-refractivity contribution in [2.45, 2.75) is 13.3 Å². The topological polar surface area (TPSA) is 89.4 Å². The molecule has 21 heavy (non-hydrogen) atoms. The maximum atomic E-state index is 12.2. The first-order chi connectivity index (χ1) is 10.0. The Morgan fingerprint density at radius 3 is 2.86 bits per heavy atom. The Morgan fingerprint density at radius 2 is 2.10 bits per heavy atom. The van der Waals surface area contributed by atoms with E-state index < -0.39 is 5.63 Å². The van der Waals surface area contributed by atoms with Gasteiger partial charge in [0.25, 0.3) is 0 Å². The second-order valence-electron chi connectivity index (χ2n) is 4.98. The van der Waals surface area contributed by atoms with Gasteiger partial charge in [0.15, 0.2) is 0 Å². The average molecular weight is 282 g/mol. The summed E-state index contributed by atoms with van der Waals surface area (Å²) in [6.45, 7) is 1.87. The Bertz CT molecular complexity index is 884. The van der Waals surface area contributed by atoms with Crippen LogP contribution in [0.25, 0.3) is 11.0 Å². The molecule has 3 N–H and O–H groups in total. The fraction of sp³-hybridized carbons (Fsp3) is 0.125. The van der Waals surface area contributed by atoms with Gasteiger partial charge in [-0.1, -0.05) is 0 Å². The number of phenolic OH excluding ortho intramolecular Hbond substituents is 1. The second kappa shape index (κ2) is 4.94. The summed E-state index contributed by atoms with van der Waals surface area (Å²) in [5.74, 6) is 0.0674. The van der Waals surface area contributed by atoms with E-state index in [9.17, 15) is 9.90 Å². The van der Waals surface area contributed by atoms with Gasteiger partial charge < -0.3 is 15.3 Å². The highest BCUT2D eigenvalue weighted by molar-refractivity contribution is 5.82. The summed E-state index contributed by atoms with van der Waals surface area (Å²) in [7, 11) is 0. The predicted molar refractivity (Wildman–Crippen MR) is 80.3 cm³/mol. The van der Waals surface area contributed by atoms with Crippen molar-refractivity contribution in [3.05, 3.63) is 63.8 Å². The third-order valence-corrected chi connectivity index (χ3v) is 3.47. The zero-order valence-electron chi connectivity index (χ0n) is 11.5. The Kier molecular flexibility index (Phi) is 3.10. The minimum absolute atomic E-state index is 0.0674. The molecule has 0 radical (unpaired) electrons. The van der Waals surface area contributed by atoms with Crippen LogP contribution in [0.3, 0.4) is 0 Å². The number of nitrogen functional groups attached to an aromatic ring is 1. The van der Waals surface area contributed by atoms with Crippen molar-refractivity contribution in [3.63, 3.8) is 0 Å². The van der Waals surface area contributed by atoms with Crippen LogP contribution in [-0.2, 0) is 6.42 Å². The first-order valence-corrected chi connectivity index (χ1v) is 6.49. The van der Waals surface area contributed by atoms with E-state index in [-0.39, 0.29) is 5.75 Å². The number of aromatic nitrogens is 1. The van der Waals surface area contributed by atoms with Gasteiger partial charge in [-0.15, -0.1) is 0 Å². The van der Waals surface area contributed by atoms with Crippen molar-refractivity contribution < 1.29 is 9.52 Å². The molecule has 3 rings (SSSR count). The predicted octanol–water partition coefficient (Wildman–Crippen LogP) is 2.38. The number of pyridine rings is 1. The minimum atomic E-state index is -0.409. The molecule has 3 aromatic rings. The summed E-state index contributed by atoms with van der Waals surface area (Å²) >= 11 is 0. The van der Waals surface area contributed by atoms with Crippen LogP contribution in [0.15, 0.2) is 45.9 Å². The highest BCUT2D eigenvalue weighted by Gasteiger charge is 2.12. The van der Waals surface area contributed by atoms with Crippen LogP contribution < -0.4 is 11.4 Å². The number of phenols is 1. The first-order valence-electron chi connectivity index (χ1n) is 6.49. The Morgan fingerprint density at radius 1 is 1.29 bits per heavy atom. The molecule has 0 bridgehead atoms. The number of rotatable bonds is 2. The zero-order chi connectivity index (χ0) is 15.0. The van der Waals surface area contributed by atoms with Crippen LogP contribution in [0.4, 0.5) is 5.69 Å². The van der Waals surface area contributed by atoms with Gasteiger partial charge in [0.05, 0.1) is 5.69 Å². The lowest BCUT2D eigenvalue weighted by atomic mass is 10.0. The van der Waals surface area contributed by atoms with Crippen LogP contribution in [0.2, 0.25) is 0 Å². The molecule has 0 aliphatic rings. The van der Waals surface area contributed by atoms with Gasteiger partial charge in [0.1, 0.15) is 11.3 Å². The highest BCUT2D eigenvalue weighted by atomic mass is 16.4. The Hall–Kier alpha value is -2.82. The molecule has 0 unspecified atom stereocenters. The number of aromatic hydroxyl groups is 1. The van der Waals surface area contributed by atoms with E-state index in [1.165, 1.54) is 6.07 Å². The number of anilines is 1. The summed E-state index contributed by atoms with van der Waals surface area (Å²) < 4.78 is 5.29. The van der Waals surface area contributed by atoms with Crippen molar-refractivity contribution in [1.82, 2.24) is 4.98 Å². The van der Waals surface area contributed by atoms with E-state index in [2.05, 4.69) is 4.98 Å². The van der Waals surface area contributed by atoms with Gasteiger partial charge >= 0.3 is 5.63 Å². The number of hydrogen-bond donors (Lipinski definition) is 2. The van der Waals surface area contributed by atoms with Gasteiger partial charge in [0, 0.05) is 35.8 Å². The van der Waals surface area contributed by atoms with Gasteiger partial charge in [0.2, 0.25) is 0 Å². The van der Waals surface area contributed by atoms with Crippen molar-refractivity contribution in [2.75, 3.05) is 5.73 Å². The Labute approximate surface area is 120 Å². The SMILES string of the molecule is Cc1c(Cc2cncc(N)c2)c(=O)oc2cc(O)ccc12. The van der Waals surface area contributed by atoms with Gasteiger partial charge in [-0.05, 0) is 36.2 Å². The van der Waals surface area contributed by atoms with Crippen molar-refractivity contribution in [1.29, 1.82) is 0 Å². The highest BCUT2D eigenvalue weighted by Crippen LogP contribution is 2.24. The summed E-state index contributed by atoms with van der Waals surface area (Å²) in [6.07, 6.45) is 3.64. The van der Waals surface area contributed by atoms with Gasteiger partial charge in [-0.3, -0.25) is 4.98 Å². The Balaban J connectivity index is 2.15. The molecule has 0 amide bonds. The number of nitrogens with zero attached hydrogens (tertiary/aromatic N) is 1. The van der Waals surface area contributed by atoms with Crippen LogP contribution in [0.1, 0.15) is 16.7 Å². The summed E-state index contributed by atoms with van der Waals surface area (Å²) in [5.41, 5.74) is 8.49. The van der Waals surface area contributed by atoms with Crippen LogP contribution in [-0.4, -0.2) is 10.1 Å². The van der Waals surface area contributed by atoms with E-state index in [0.717, 1.165) is 16.5 Å². The van der Waals surface area contributed by atoms with E-state index in [4.69, 9.17) is 10.2 Å². The largest absolute Gasteiger partial charge is 0.508 e. The lowest BCUT2D eigenvalue weighted by Crippen LogP contribution is -2.11. The first kappa shape index (κ1) is 13.2. The van der Waals surface area contributed by atoms with Crippen molar-refractivity contribution in [2.24, 2.45) is 0 Å². The van der Waals surface area contributed by atoms with Crippen LogP contribution in [0.5, 0.6) is 5.75 Å². The molecule has 106 valence electrons. The summed E-state index contributed by atoms with van der Waals surface area (Å²) in [4.78, 5) is 16.2. The third kappa shape index (κ3) is 2.45. The fourth-order valence-electron chi connectivity index (χ4n) is 2.40. The molecular formula is C16H14N2O3. The molecular weight excluding hydrogens is 268 g/mol. The monoisotopic (exact) mass is 282 g/mol. The molecule has 0 aliphatic carbocycles. The molecule has 2 heterocycles. The van der Waals surface area contributed by atoms with E-state index >= 15 is 0 Å². The lowest BCUT2D eigenvalue weighted by molar-refractivity contribution is 0.472. The fourth-order valence-corrected chi connectivity index (χ4v) is 2.40. The smallest absolute Gasteiger partial charge is 0.340 e. The lowest BCUT2D eigenvalue weighted by Gasteiger charge is -2.08. The number of benzene rings is 1. The average Bonchev–Trinajstić information content (AvgIpc) is 2.43. The van der Waals surface area contributed by atoms with Gasteiger partial charge in [-0.2, -0.15) is 0 Å². The van der Waals surface area contributed by atoms with E-state index in [1.54, 1.807) is 30.6 Å². The van der Waals surface area contributed by atoms with Crippen molar-refractivity contribution >= 4 is 16.7 Å². The van der Waals surface area contributed by atoms with Crippen LogP contribution >= 0.6 is 0 Å². The molecule has 2 aromatic heterocycles. The van der Waals surface area contributed by atoms with E-state index in [1.807, 2.05) is 6.92 Å². The zero-order valence-corrected chi connectivity index (χ0v) is 11.5. The molecule has 0 atom stereocenters. The molecule has 0 aliphatic heterocycles. The number of fused-ring (bicyclic) bond motifs is 1. The summed E-state index contributed by atoms with van der Waals surface area (Å²) in [6, 6.07) is 6.54. The molecule has 0 saturated carbocycles. The summed E-state index contributed by atoms with van der Waals surface area (Å²) in [5, 5.41) is 10.3. The maximum absolute atomic E-state index is 12.2. The quantitative estimate of drug-likeness (QED) is 0.704. The van der Waals surface area contributed by atoms with Gasteiger partial charge in [-0.25, -0.2) is 4.79 Å². The standard InChI is InChI=1S/C16H14N2O3/c1-9-13-3-2-12(19)6-15(13)21-16(20)14(9)5-10-4-11(17)8-18-7-10/h2-4,6-8,19H,5,17H2,1H3. The number of aryl methyl sites for hydroxylation is 1. The van der Waals surface area contributed by atoms with Crippen molar-refractivity contribution in [3.8, 4) is 5.75 Å². The maximum Gasteiger partial charge on any atom is 0.340 e. The number of nitrogens with two attached hydrogens (primary N) is 1. The third-order valence-electron chi connectivity index (χ3n) is 3.47. The molecule has 5 nitrogen and oxygen atoms in total. The normalized spacial score (nSPS) is 10.9. The van der Waals surface area contributed by atoms with Crippen LogP contribution in [0, 0.1) is 6.92 Å². The molecule has 0 saturated heterocycles. The molecule has 1 aromatic carbocycles. The van der Waals surface area contributed by atoms with E-state index in [0.29, 0.717) is 23.3 Å².